The molecule has 2 amide bonds. The van der Waals surface area contributed by atoms with Gasteiger partial charge in [0, 0.05) is 25.2 Å². The number of aryl methyl sites for hydroxylation is 1. The van der Waals surface area contributed by atoms with Gasteiger partial charge < -0.3 is 21.1 Å². The van der Waals surface area contributed by atoms with E-state index in [4.69, 9.17) is 5.73 Å². The van der Waals surface area contributed by atoms with E-state index in [9.17, 15) is 19.1 Å². The van der Waals surface area contributed by atoms with Crippen molar-refractivity contribution in [3.63, 3.8) is 0 Å². The highest BCUT2D eigenvalue weighted by Gasteiger charge is 2.37. The molecule has 0 saturated carbocycles. The van der Waals surface area contributed by atoms with E-state index in [1.54, 1.807) is 11.9 Å². The average molecular weight is 462 g/mol. The molecule has 1 aliphatic heterocycles. The summed E-state index contributed by atoms with van der Waals surface area (Å²) >= 11 is 0. The Bertz CT molecular complexity index is 919. The maximum atomic E-state index is 13.5. The quantitative estimate of drug-likeness (QED) is 0.592. The van der Waals surface area contributed by atoms with Gasteiger partial charge in [0.15, 0.2) is 5.82 Å². The second-order valence-electron chi connectivity index (χ2n) is 9.67. The maximum absolute atomic E-state index is 13.5. The van der Waals surface area contributed by atoms with E-state index in [1.165, 1.54) is 10.9 Å². The lowest BCUT2D eigenvalue weighted by molar-refractivity contribution is -0.135. The van der Waals surface area contributed by atoms with Crippen LogP contribution in [0, 0.1) is 11.2 Å². The molecular weight excluding hydrogens is 425 g/mol. The fourth-order valence-electron chi connectivity index (χ4n) is 3.72. The Labute approximate surface area is 195 Å². The number of carbonyl (C=O) groups excluding carboxylic acids is 2. The highest BCUT2D eigenvalue weighted by Crippen LogP contribution is 2.25. The Kier molecular flexibility index (Phi) is 8.74. The van der Waals surface area contributed by atoms with Crippen LogP contribution >= 0.6 is 0 Å². The van der Waals surface area contributed by atoms with Crippen LogP contribution in [0.4, 0.5) is 4.39 Å². The zero-order valence-corrected chi connectivity index (χ0v) is 20.2. The van der Waals surface area contributed by atoms with Crippen LogP contribution in [0.25, 0.3) is 11.3 Å². The lowest BCUT2D eigenvalue weighted by Gasteiger charge is -2.31. The predicted octanol–water partition coefficient (Wildman–Crippen LogP) is 2.37. The number of nitrogens with one attached hydrogen (secondary N) is 1. The smallest absolute Gasteiger partial charge is 0.240 e. The molecular formula is C24H36FN5O3. The van der Waals surface area contributed by atoms with Gasteiger partial charge in [-0.15, -0.1) is 0 Å². The number of nitrogens with two attached hydrogens (primary N) is 1. The molecule has 1 saturated heterocycles. The first-order valence-corrected chi connectivity index (χ1v) is 11.1. The number of benzene rings is 1. The van der Waals surface area contributed by atoms with Crippen LogP contribution in [0.3, 0.4) is 0 Å². The number of aliphatic hydroxyl groups is 1. The standard InChI is InChI=1S/C13H14FN3O.C11H22N2O2/c1-9(15-8-18)10-3-5-11(6-4-10)13-12(14)7-16-17(13)2;1-7-5-8(14)6-13(7)10(15)9(12)11(2,3)4/h3-9H,1-2H3,(H,15,18);7-9,14H,5-6,12H2,1-4H3. The van der Waals surface area contributed by atoms with Crippen LogP contribution in [0.5, 0.6) is 0 Å². The van der Waals surface area contributed by atoms with Gasteiger partial charge in [0.2, 0.25) is 12.3 Å². The van der Waals surface area contributed by atoms with E-state index in [2.05, 4.69) is 10.4 Å². The summed E-state index contributed by atoms with van der Waals surface area (Å²) in [6.45, 7) is 10.1. The van der Waals surface area contributed by atoms with Crippen LogP contribution in [-0.2, 0) is 16.6 Å². The van der Waals surface area contributed by atoms with Gasteiger partial charge in [-0.3, -0.25) is 14.3 Å². The lowest BCUT2D eigenvalue weighted by atomic mass is 9.86. The molecule has 9 heteroatoms. The molecule has 1 aromatic heterocycles. The van der Waals surface area contributed by atoms with Crippen molar-refractivity contribution in [3.8, 4) is 11.3 Å². The minimum Gasteiger partial charge on any atom is -0.391 e. The monoisotopic (exact) mass is 461 g/mol. The third-order valence-electron chi connectivity index (χ3n) is 5.93. The lowest BCUT2D eigenvalue weighted by Crippen LogP contribution is -2.51. The second kappa shape index (κ2) is 10.9. The van der Waals surface area contributed by atoms with E-state index < -0.39 is 12.1 Å². The van der Waals surface area contributed by atoms with Crippen molar-refractivity contribution in [2.45, 2.75) is 65.3 Å². The summed E-state index contributed by atoms with van der Waals surface area (Å²) in [5.41, 5.74) is 7.86. The number of carbonyl (C=O) groups is 2. The van der Waals surface area contributed by atoms with E-state index in [1.807, 2.05) is 58.9 Å². The SMILES string of the molecule is CC(NC=O)c1ccc(-c2c(F)cnn2C)cc1.CC1CC(O)CN1C(=O)C(N)C(C)(C)C. The number of aliphatic hydroxyl groups excluding tert-OH is 1. The largest absolute Gasteiger partial charge is 0.391 e. The first-order chi connectivity index (χ1) is 15.4. The molecule has 182 valence electrons. The van der Waals surface area contributed by atoms with Gasteiger partial charge in [-0.05, 0) is 31.2 Å². The number of amides is 2. The summed E-state index contributed by atoms with van der Waals surface area (Å²) in [5.74, 6) is -0.393. The van der Waals surface area contributed by atoms with Crippen molar-refractivity contribution >= 4 is 12.3 Å². The molecule has 8 nitrogen and oxygen atoms in total. The van der Waals surface area contributed by atoms with Crippen molar-refractivity contribution in [2.24, 2.45) is 18.2 Å². The minimum atomic E-state index is -0.495. The zero-order chi connectivity index (χ0) is 24.9. The highest BCUT2D eigenvalue weighted by atomic mass is 19.1. The van der Waals surface area contributed by atoms with E-state index in [-0.39, 0.29) is 29.2 Å². The van der Waals surface area contributed by atoms with Crippen LogP contribution in [0.15, 0.2) is 30.5 Å². The Hall–Kier alpha value is -2.78. The number of aromatic nitrogens is 2. The van der Waals surface area contributed by atoms with E-state index >= 15 is 0 Å². The number of hydrogen-bond acceptors (Lipinski definition) is 5. The number of likely N-dealkylation sites (tertiary alicyclic amines) is 1. The first kappa shape index (κ1) is 26.5. The number of rotatable bonds is 5. The Morgan fingerprint density at radius 3 is 2.36 bits per heavy atom. The topological polar surface area (TPSA) is 113 Å². The van der Waals surface area contributed by atoms with Crippen molar-refractivity contribution in [2.75, 3.05) is 6.54 Å². The minimum absolute atomic E-state index is 0.0495. The number of halogens is 1. The van der Waals surface area contributed by atoms with Gasteiger partial charge in [0.1, 0.15) is 5.69 Å². The van der Waals surface area contributed by atoms with Crippen molar-refractivity contribution in [1.29, 1.82) is 0 Å². The van der Waals surface area contributed by atoms with Gasteiger partial charge in [-0.25, -0.2) is 4.39 Å². The number of β-amino-alcohol motifs (C(OH)–C–C–N with tert-alkyl or cyclic N) is 1. The molecule has 1 aromatic carbocycles. The Balaban J connectivity index is 0.000000238. The van der Waals surface area contributed by atoms with Gasteiger partial charge in [0.25, 0.3) is 0 Å². The molecule has 2 aromatic rings. The summed E-state index contributed by atoms with van der Waals surface area (Å²) in [6, 6.07) is 6.90. The van der Waals surface area contributed by atoms with Crippen LogP contribution in [-0.4, -0.2) is 56.8 Å². The molecule has 1 fully saturated rings. The fourth-order valence-corrected chi connectivity index (χ4v) is 3.72. The summed E-state index contributed by atoms with van der Waals surface area (Å²) in [5, 5.41) is 16.0. The predicted molar refractivity (Wildman–Crippen MR) is 125 cm³/mol. The maximum Gasteiger partial charge on any atom is 0.240 e. The van der Waals surface area contributed by atoms with Gasteiger partial charge >= 0.3 is 0 Å². The molecule has 4 unspecified atom stereocenters. The molecule has 0 spiro atoms. The molecule has 1 aliphatic rings. The number of hydrogen-bond donors (Lipinski definition) is 3. The van der Waals surface area contributed by atoms with E-state index in [0.29, 0.717) is 25.1 Å². The molecule has 0 radical (unpaired) electrons. The van der Waals surface area contributed by atoms with Crippen molar-refractivity contribution in [3.05, 3.63) is 41.8 Å². The third kappa shape index (κ3) is 6.61. The second-order valence-corrected chi connectivity index (χ2v) is 9.67. The number of nitrogens with zero attached hydrogens (tertiary/aromatic N) is 3. The van der Waals surface area contributed by atoms with Crippen molar-refractivity contribution in [1.82, 2.24) is 20.0 Å². The summed E-state index contributed by atoms with van der Waals surface area (Å²) in [4.78, 5) is 24.1. The summed E-state index contributed by atoms with van der Waals surface area (Å²) in [7, 11) is 1.70. The molecule has 0 bridgehead atoms. The van der Waals surface area contributed by atoms with Crippen LogP contribution < -0.4 is 11.1 Å². The Morgan fingerprint density at radius 2 is 1.94 bits per heavy atom. The van der Waals surface area contributed by atoms with Crippen LogP contribution in [0.2, 0.25) is 0 Å². The highest BCUT2D eigenvalue weighted by molar-refractivity contribution is 5.83. The summed E-state index contributed by atoms with van der Waals surface area (Å²) in [6.07, 6.45) is 2.12. The van der Waals surface area contributed by atoms with Crippen LogP contribution in [0.1, 0.15) is 52.6 Å². The van der Waals surface area contributed by atoms with E-state index in [0.717, 1.165) is 11.1 Å². The average Bonchev–Trinajstić information content (AvgIpc) is 3.27. The molecule has 3 rings (SSSR count). The van der Waals surface area contributed by atoms with Gasteiger partial charge in [0.05, 0.1) is 24.4 Å². The molecule has 0 aliphatic carbocycles. The van der Waals surface area contributed by atoms with Gasteiger partial charge in [-0.1, -0.05) is 45.0 Å². The molecule has 4 N–H and O–H groups in total. The first-order valence-electron chi connectivity index (χ1n) is 11.1. The fraction of sp³-hybridized carbons (Fsp3) is 0.542. The third-order valence-corrected chi connectivity index (χ3v) is 5.93. The Morgan fingerprint density at radius 1 is 1.33 bits per heavy atom. The molecule has 33 heavy (non-hydrogen) atoms. The van der Waals surface area contributed by atoms with Gasteiger partial charge in [-0.2, -0.15) is 5.10 Å². The molecule has 4 atom stereocenters. The van der Waals surface area contributed by atoms with Crippen molar-refractivity contribution < 1.29 is 19.1 Å². The molecule has 2 heterocycles. The summed E-state index contributed by atoms with van der Waals surface area (Å²) < 4.78 is 15.0. The zero-order valence-electron chi connectivity index (χ0n) is 20.2. The normalized spacial score (nSPS) is 20.0.